The zero-order chi connectivity index (χ0) is 16.0. The van der Waals surface area contributed by atoms with Crippen LogP contribution in [0.25, 0.3) is 10.9 Å². The van der Waals surface area contributed by atoms with Gasteiger partial charge in [0.15, 0.2) is 5.43 Å². The molecule has 0 N–H and O–H groups in total. The highest BCUT2D eigenvalue weighted by Crippen LogP contribution is 2.45. The van der Waals surface area contributed by atoms with E-state index in [2.05, 4.69) is 0 Å². The van der Waals surface area contributed by atoms with E-state index in [4.69, 9.17) is 16.3 Å². The van der Waals surface area contributed by atoms with E-state index in [1.165, 1.54) is 17.8 Å². The maximum absolute atomic E-state index is 14.0. The van der Waals surface area contributed by atoms with Crippen molar-refractivity contribution in [1.29, 1.82) is 0 Å². The molecule has 0 bridgehead atoms. The molecule has 7 heteroatoms. The predicted molar refractivity (Wildman–Crippen MR) is 84.2 cm³/mol. The van der Waals surface area contributed by atoms with Gasteiger partial charge in [0, 0.05) is 22.9 Å². The molecule has 4 nitrogen and oxygen atoms in total. The van der Waals surface area contributed by atoms with Crippen LogP contribution in [0.2, 0.25) is 5.02 Å². The Hall–Kier alpha value is -1.53. The average Bonchev–Trinajstić information content (AvgIpc) is 2.47. The second-order valence-corrected chi connectivity index (χ2v) is 6.77. The largest absolute Gasteiger partial charge is 0.464 e. The van der Waals surface area contributed by atoms with Crippen molar-refractivity contribution in [3.63, 3.8) is 0 Å². The highest BCUT2D eigenvalue weighted by atomic mass is 35.5. The summed E-state index contributed by atoms with van der Waals surface area (Å²) in [5, 5.41) is -0.00402. The van der Waals surface area contributed by atoms with E-state index in [0.717, 1.165) is 6.07 Å². The molecule has 1 aliphatic heterocycles. The fraction of sp³-hybridized carbons (Fsp3) is 0.333. The minimum Gasteiger partial charge on any atom is -0.464 e. The predicted octanol–water partition coefficient (Wildman–Crippen LogP) is 3.39. The highest BCUT2D eigenvalue weighted by molar-refractivity contribution is 8.00. The van der Waals surface area contributed by atoms with E-state index in [0.29, 0.717) is 10.4 Å². The van der Waals surface area contributed by atoms with Gasteiger partial charge in [-0.3, -0.25) is 4.79 Å². The van der Waals surface area contributed by atoms with Crippen molar-refractivity contribution >= 4 is 40.2 Å². The SMILES string of the molecule is CCOC(=O)C1C(C)Sc2c(Cl)c(F)cc3c(=O)ccn1c23. The second-order valence-electron chi connectivity index (χ2n) is 5.00. The molecule has 0 spiro atoms. The van der Waals surface area contributed by atoms with Gasteiger partial charge in [-0.1, -0.05) is 18.5 Å². The van der Waals surface area contributed by atoms with Gasteiger partial charge in [0.2, 0.25) is 0 Å². The molecule has 3 rings (SSSR count). The number of ether oxygens (including phenoxy) is 1. The average molecular weight is 342 g/mol. The molecule has 2 unspecified atom stereocenters. The minimum atomic E-state index is -0.631. The molecule has 1 aromatic carbocycles. The van der Waals surface area contributed by atoms with Gasteiger partial charge in [0.1, 0.15) is 11.9 Å². The first-order valence-corrected chi connectivity index (χ1v) is 8.07. The monoisotopic (exact) mass is 341 g/mol. The summed E-state index contributed by atoms with van der Waals surface area (Å²) in [6.07, 6.45) is 1.54. The Morgan fingerprint density at radius 1 is 1.55 bits per heavy atom. The first-order valence-electron chi connectivity index (χ1n) is 6.81. The third-order valence-electron chi connectivity index (χ3n) is 3.64. The smallest absolute Gasteiger partial charge is 0.330 e. The molecule has 1 aromatic heterocycles. The zero-order valence-corrected chi connectivity index (χ0v) is 13.5. The molecule has 1 aliphatic rings. The number of thioether (sulfide) groups is 1. The number of carbonyl (C=O) groups is 1. The minimum absolute atomic E-state index is 0.0222. The van der Waals surface area contributed by atoms with Gasteiger partial charge in [-0.25, -0.2) is 9.18 Å². The number of esters is 1. The van der Waals surface area contributed by atoms with E-state index in [1.807, 2.05) is 6.92 Å². The number of carbonyl (C=O) groups excluding carboxylic acids is 1. The van der Waals surface area contributed by atoms with Crippen LogP contribution in [0, 0.1) is 5.82 Å². The maximum Gasteiger partial charge on any atom is 0.330 e. The van der Waals surface area contributed by atoms with E-state index < -0.39 is 11.9 Å². The second kappa shape index (κ2) is 5.59. The molecule has 0 amide bonds. The molecule has 0 saturated heterocycles. The maximum atomic E-state index is 14.0. The number of hydrogen-bond donors (Lipinski definition) is 0. The number of rotatable bonds is 2. The van der Waals surface area contributed by atoms with E-state index >= 15 is 0 Å². The number of hydrogen-bond acceptors (Lipinski definition) is 4. The summed E-state index contributed by atoms with van der Waals surface area (Å²) in [6.45, 7) is 3.85. The number of benzene rings is 1. The molecule has 0 fully saturated rings. The van der Waals surface area contributed by atoms with Gasteiger partial charge in [-0.2, -0.15) is 0 Å². The van der Waals surface area contributed by atoms with Crippen LogP contribution >= 0.6 is 23.4 Å². The van der Waals surface area contributed by atoms with Crippen LogP contribution in [0.3, 0.4) is 0 Å². The Morgan fingerprint density at radius 3 is 2.95 bits per heavy atom. The molecule has 116 valence electrons. The van der Waals surface area contributed by atoms with Crippen molar-refractivity contribution in [2.45, 2.75) is 30.0 Å². The van der Waals surface area contributed by atoms with Crippen molar-refractivity contribution in [3.8, 4) is 0 Å². The summed E-state index contributed by atoms with van der Waals surface area (Å²) >= 11 is 7.34. The van der Waals surface area contributed by atoms with Crippen molar-refractivity contribution in [1.82, 2.24) is 4.57 Å². The zero-order valence-electron chi connectivity index (χ0n) is 11.9. The third-order valence-corrected chi connectivity index (χ3v) is 5.38. The Morgan fingerprint density at radius 2 is 2.27 bits per heavy atom. The first-order chi connectivity index (χ1) is 10.5. The summed E-state index contributed by atoms with van der Waals surface area (Å²) in [6, 6.07) is 1.87. The lowest BCUT2D eigenvalue weighted by Crippen LogP contribution is -2.33. The summed E-state index contributed by atoms with van der Waals surface area (Å²) < 4.78 is 20.7. The van der Waals surface area contributed by atoms with Gasteiger partial charge in [-0.05, 0) is 13.0 Å². The van der Waals surface area contributed by atoms with E-state index in [1.54, 1.807) is 17.7 Å². The fourth-order valence-electron chi connectivity index (χ4n) is 2.70. The van der Waals surface area contributed by atoms with E-state index in [-0.39, 0.29) is 33.7 Å². The third kappa shape index (κ3) is 2.21. The number of nitrogens with zero attached hydrogens (tertiary/aromatic N) is 1. The Bertz CT molecular complexity index is 836. The van der Waals surface area contributed by atoms with Crippen LogP contribution in [-0.4, -0.2) is 22.4 Å². The van der Waals surface area contributed by atoms with Crippen LogP contribution < -0.4 is 5.43 Å². The molecular formula is C15H13ClFNO3S. The van der Waals surface area contributed by atoms with Crippen LogP contribution in [0.5, 0.6) is 0 Å². The molecule has 0 radical (unpaired) electrons. The van der Waals surface area contributed by atoms with Gasteiger partial charge in [0.25, 0.3) is 0 Å². The fourth-order valence-corrected chi connectivity index (χ4v) is 4.25. The lowest BCUT2D eigenvalue weighted by atomic mass is 10.1. The first kappa shape index (κ1) is 15.4. The molecule has 0 saturated carbocycles. The lowest BCUT2D eigenvalue weighted by molar-refractivity contribution is -0.147. The number of pyridine rings is 1. The molecule has 22 heavy (non-hydrogen) atoms. The highest BCUT2D eigenvalue weighted by Gasteiger charge is 2.36. The van der Waals surface area contributed by atoms with Crippen molar-refractivity contribution in [3.05, 3.63) is 39.4 Å². The van der Waals surface area contributed by atoms with Crippen LogP contribution in [0.4, 0.5) is 4.39 Å². The van der Waals surface area contributed by atoms with Crippen LogP contribution in [0.1, 0.15) is 19.9 Å². The summed E-state index contributed by atoms with van der Waals surface area (Å²) in [4.78, 5) is 24.8. The Kier molecular flexibility index (Phi) is 3.91. The van der Waals surface area contributed by atoms with E-state index in [9.17, 15) is 14.0 Å². The number of halogens is 2. The van der Waals surface area contributed by atoms with Crippen LogP contribution in [-0.2, 0) is 9.53 Å². The topological polar surface area (TPSA) is 48.3 Å². The lowest BCUT2D eigenvalue weighted by Gasteiger charge is -2.31. The molecule has 2 atom stereocenters. The summed E-state index contributed by atoms with van der Waals surface area (Å²) in [7, 11) is 0. The molecule has 0 aliphatic carbocycles. The normalized spacial score (nSPS) is 20.2. The molecule has 2 aromatic rings. The standard InChI is InChI=1S/C15H13ClFNO3S/c1-3-21-15(20)12-7(2)22-14-11(16)9(17)6-8-10(19)4-5-18(12)13(8)14/h4-7,12H,3H2,1-2H3. The summed E-state index contributed by atoms with van der Waals surface area (Å²) in [5.41, 5.74) is 0.181. The molecule has 2 heterocycles. The Balaban J connectivity index is 2.35. The molecular weight excluding hydrogens is 329 g/mol. The van der Waals surface area contributed by atoms with Crippen molar-refractivity contribution < 1.29 is 13.9 Å². The van der Waals surface area contributed by atoms with Gasteiger partial charge >= 0.3 is 5.97 Å². The van der Waals surface area contributed by atoms with Crippen LogP contribution in [0.15, 0.2) is 28.0 Å². The van der Waals surface area contributed by atoms with Crippen molar-refractivity contribution in [2.24, 2.45) is 0 Å². The Labute approximate surface area is 135 Å². The van der Waals surface area contributed by atoms with Gasteiger partial charge < -0.3 is 9.30 Å². The van der Waals surface area contributed by atoms with Crippen molar-refractivity contribution in [2.75, 3.05) is 6.61 Å². The van der Waals surface area contributed by atoms with Gasteiger partial charge in [0.05, 0.1) is 22.0 Å². The summed E-state index contributed by atoms with van der Waals surface area (Å²) in [5.74, 6) is -1.01. The number of aromatic nitrogens is 1. The van der Waals surface area contributed by atoms with Gasteiger partial charge in [-0.15, -0.1) is 11.8 Å². The quantitative estimate of drug-likeness (QED) is 0.786.